The van der Waals surface area contributed by atoms with Crippen LogP contribution in [-0.4, -0.2) is 36.5 Å². The molecule has 1 aliphatic rings. The van der Waals surface area contributed by atoms with E-state index in [4.69, 9.17) is 9.84 Å². The first-order valence-electron chi connectivity index (χ1n) is 5.74. The van der Waals surface area contributed by atoms with E-state index in [-0.39, 0.29) is 12.6 Å². The molecule has 2 N–H and O–H groups in total. The van der Waals surface area contributed by atoms with Gasteiger partial charge in [-0.15, -0.1) is 0 Å². The molecule has 0 heterocycles. The number of aliphatic hydroxyl groups excluding tert-OH is 1. The van der Waals surface area contributed by atoms with Gasteiger partial charge in [0.1, 0.15) is 0 Å². The van der Waals surface area contributed by atoms with Gasteiger partial charge in [-0.05, 0) is 32.6 Å². The second-order valence-corrected chi connectivity index (χ2v) is 4.20. The van der Waals surface area contributed by atoms with Crippen LogP contribution in [0.25, 0.3) is 0 Å². The summed E-state index contributed by atoms with van der Waals surface area (Å²) >= 11 is 0. The molecule has 0 bridgehead atoms. The van der Waals surface area contributed by atoms with E-state index in [1.807, 2.05) is 0 Å². The fourth-order valence-electron chi connectivity index (χ4n) is 1.34. The third kappa shape index (κ3) is 4.94. The summed E-state index contributed by atoms with van der Waals surface area (Å²) in [5.41, 5.74) is 0. The number of rotatable bonds is 8. The van der Waals surface area contributed by atoms with Gasteiger partial charge in [-0.2, -0.15) is 0 Å². The Morgan fingerprint density at radius 2 is 2.21 bits per heavy atom. The number of hydrogen-bond donors (Lipinski definition) is 2. The highest BCUT2D eigenvalue weighted by Crippen LogP contribution is 2.19. The molecule has 0 spiro atoms. The zero-order valence-electron chi connectivity index (χ0n) is 9.33. The highest BCUT2D eigenvalue weighted by atomic mass is 16.5. The average Bonchev–Trinajstić information content (AvgIpc) is 2.99. The van der Waals surface area contributed by atoms with Gasteiger partial charge in [0.05, 0.1) is 12.7 Å². The predicted octanol–water partition coefficient (Wildman–Crippen LogP) is 1.30. The van der Waals surface area contributed by atoms with Gasteiger partial charge in [0.15, 0.2) is 0 Å². The van der Waals surface area contributed by atoms with Gasteiger partial charge in [0.25, 0.3) is 0 Å². The molecule has 14 heavy (non-hydrogen) atoms. The van der Waals surface area contributed by atoms with Gasteiger partial charge < -0.3 is 15.2 Å². The predicted molar refractivity (Wildman–Crippen MR) is 57.4 cm³/mol. The van der Waals surface area contributed by atoms with Crippen LogP contribution in [0.5, 0.6) is 0 Å². The Kier molecular flexibility index (Phi) is 5.45. The number of ether oxygens (including phenoxy) is 1. The summed E-state index contributed by atoms with van der Waals surface area (Å²) in [5, 5.41) is 12.5. The maximum Gasteiger partial charge on any atom is 0.0585 e. The minimum Gasteiger partial charge on any atom is -0.395 e. The van der Waals surface area contributed by atoms with E-state index in [1.54, 1.807) is 0 Å². The summed E-state index contributed by atoms with van der Waals surface area (Å²) in [7, 11) is 0. The standard InChI is InChI=1S/C11H23NO2/c1-3-9(2)14-7-6-11(8-13)12-10-4-5-10/h9-13H,3-8H2,1-2H3. The fraction of sp³-hybridized carbons (Fsp3) is 1.00. The van der Waals surface area contributed by atoms with Crippen molar-refractivity contribution in [2.24, 2.45) is 0 Å². The summed E-state index contributed by atoms with van der Waals surface area (Å²) in [6.45, 7) is 5.18. The number of hydrogen-bond acceptors (Lipinski definition) is 3. The molecule has 1 fully saturated rings. The van der Waals surface area contributed by atoms with Crippen molar-refractivity contribution in [1.82, 2.24) is 5.32 Å². The second-order valence-electron chi connectivity index (χ2n) is 4.20. The van der Waals surface area contributed by atoms with Crippen LogP contribution in [0, 0.1) is 0 Å². The van der Waals surface area contributed by atoms with Crippen LogP contribution < -0.4 is 5.32 Å². The zero-order chi connectivity index (χ0) is 10.4. The van der Waals surface area contributed by atoms with Crippen molar-refractivity contribution >= 4 is 0 Å². The molecule has 1 rings (SSSR count). The van der Waals surface area contributed by atoms with Crippen LogP contribution in [0.15, 0.2) is 0 Å². The molecule has 1 aliphatic carbocycles. The molecule has 0 aromatic carbocycles. The fourth-order valence-corrected chi connectivity index (χ4v) is 1.34. The van der Waals surface area contributed by atoms with E-state index in [0.29, 0.717) is 12.1 Å². The minimum atomic E-state index is 0.223. The van der Waals surface area contributed by atoms with Crippen LogP contribution in [0.2, 0.25) is 0 Å². The van der Waals surface area contributed by atoms with Crippen molar-refractivity contribution in [1.29, 1.82) is 0 Å². The van der Waals surface area contributed by atoms with E-state index in [1.165, 1.54) is 12.8 Å². The highest BCUT2D eigenvalue weighted by Gasteiger charge is 2.23. The molecule has 0 aromatic rings. The van der Waals surface area contributed by atoms with Crippen molar-refractivity contribution in [2.45, 2.75) is 57.7 Å². The topological polar surface area (TPSA) is 41.5 Å². The van der Waals surface area contributed by atoms with E-state index < -0.39 is 0 Å². The average molecular weight is 201 g/mol. The summed E-state index contributed by atoms with van der Waals surface area (Å²) in [4.78, 5) is 0. The molecule has 3 heteroatoms. The second kappa shape index (κ2) is 6.38. The molecule has 84 valence electrons. The molecule has 1 saturated carbocycles. The van der Waals surface area contributed by atoms with E-state index in [9.17, 15) is 0 Å². The molecule has 0 aromatic heterocycles. The van der Waals surface area contributed by atoms with Crippen molar-refractivity contribution < 1.29 is 9.84 Å². The van der Waals surface area contributed by atoms with Gasteiger partial charge in [-0.3, -0.25) is 0 Å². The number of aliphatic hydroxyl groups is 1. The first kappa shape index (κ1) is 12.0. The largest absolute Gasteiger partial charge is 0.395 e. The molecular formula is C11H23NO2. The Morgan fingerprint density at radius 3 is 2.71 bits per heavy atom. The SMILES string of the molecule is CCC(C)OCCC(CO)NC1CC1. The summed E-state index contributed by atoms with van der Waals surface area (Å²) in [5.74, 6) is 0. The van der Waals surface area contributed by atoms with E-state index in [2.05, 4.69) is 19.2 Å². The Hall–Kier alpha value is -0.120. The smallest absolute Gasteiger partial charge is 0.0585 e. The Balaban J connectivity index is 2.01. The van der Waals surface area contributed by atoms with E-state index in [0.717, 1.165) is 19.4 Å². The first-order chi connectivity index (χ1) is 6.76. The summed E-state index contributed by atoms with van der Waals surface area (Å²) in [6.07, 6.45) is 4.85. The maximum absolute atomic E-state index is 9.11. The van der Waals surface area contributed by atoms with Crippen molar-refractivity contribution in [2.75, 3.05) is 13.2 Å². The van der Waals surface area contributed by atoms with Crippen LogP contribution in [0.1, 0.15) is 39.5 Å². The minimum absolute atomic E-state index is 0.223. The normalized spacial score (nSPS) is 20.8. The lowest BCUT2D eigenvalue weighted by Crippen LogP contribution is -2.35. The molecule has 0 saturated heterocycles. The summed E-state index contributed by atoms with van der Waals surface area (Å²) in [6, 6.07) is 0.891. The molecule has 0 radical (unpaired) electrons. The molecular weight excluding hydrogens is 178 g/mol. The Labute approximate surface area is 86.8 Å². The van der Waals surface area contributed by atoms with Gasteiger partial charge in [-0.25, -0.2) is 0 Å². The molecule has 2 unspecified atom stereocenters. The van der Waals surface area contributed by atoms with Crippen molar-refractivity contribution in [3.8, 4) is 0 Å². The first-order valence-corrected chi connectivity index (χ1v) is 5.74. The van der Waals surface area contributed by atoms with Crippen LogP contribution in [0.3, 0.4) is 0 Å². The summed E-state index contributed by atoms with van der Waals surface area (Å²) < 4.78 is 5.57. The molecule has 0 aliphatic heterocycles. The molecule has 0 amide bonds. The third-order valence-electron chi connectivity index (χ3n) is 2.71. The lowest BCUT2D eigenvalue weighted by Gasteiger charge is -2.17. The molecule has 3 nitrogen and oxygen atoms in total. The zero-order valence-corrected chi connectivity index (χ0v) is 9.33. The monoisotopic (exact) mass is 201 g/mol. The molecule has 2 atom stereocenters. The lowest BCUT2D eigenvalue weighted by atomic mass is 10.2. The van der Waals surface area contributed by atoms with Crippen molar-refractivity contribution in [3.63, 3.8) is 0 Å². The van der Waals surface area contributed by atoms with Crippen molar-refractivity contribution in [3.05, 3.63) is 0 Å². The van der Waals surface area contributed by atoms with Crippen LogP contribution >= 0.6 is 0 Å². The highest BCUT2D eigenvalue weighted by molar-refractivity contribution is 4.84. The van der Waals surface area contributed by atoms with E-state index >= 15 is 0 Å². The Morgan fingerprint density at radius 1 is 1.50 bits per heavy atom. The third-order valence-corrected chi connectivity index (χ3v) is 2.71. The van der Waals surface area contributed by atoms with Crippen LogP contribution in [0.4, 0.5) is 0 Å². The van der Waals surface area contributed by atoms with Gasteiger partial charge in [0.2, 0.25) is 0 Å². The van der Waals surface area contributed by atoms with Gasteiger partial charge in [0, 0.05) is 18.7 Å². The Bertz CT molecular complexity index is 148. The van der Waals surface area contributed by atoms with Gasteiger partial charge >= 0.3 is 0 Å². The maximum atomic E-state index is 9.11. The van der Waals surface area contributed by atoms with Crippen LogP contribution in [-0.2, 0) is 4.74 Å². The quantitative estimate of drug-likeness (QED) is 0.622. The number of nitrogens with one attached hydrogen (secondary N) is 1. The van der Waals surface area contributed by atoms with Gasteiger partial charge in [-0.1, -0.05) is 6.92 Å². The lowest BCUT2D eigenvalue weighted by molar-refractivity contribution is 0.0526.